The van der Waals surface area contributed by atoms with Crippen molar-refractivity contribution in [3.8, 4) is 0 Å². The fraction of sp³-hybridized carbons (Fsp3) is 0.353. The lowest BCUT2D eigenvalue weighted by Gasteiger charge is -2.16. The topological polar surface area (TPSA) is 38.1 Å². The second-order valence-electron chi connectivity index (χ2n) is 5.28. The van der Waals surface area contributed by atoms with E-state index < -0.39 is 0 Å². The molecule has 0 spiro atoms. The van der Waals surface area contributed by atoms with Crippen LogP contribution in [0.4, 0.5) is 0 Å². The molecule has 110 valence electrons. The lowest BCUT2D eigenvalue weighted by atomic mass is 10.0. The van der Waals surface area contributed by atoms with Crippen LogP contribution >= 0.6 is 11.3 Å². The van der Waals surface area contributed by atoms with Crippen LogP contribution in [-0.4, -0.2) is 11.5 Å². The summed E-state index contributed by atoms with van der Waals surface area (Å²) in [5, 5.41) is 8.11. The van der Waals surface area contributed by atoms with Crippen LogP contribution in [0, 0.1) is 6.92 Å². The van der Waals surface area contributed by atoms with Crippen molar-refractivity contribution in [3.63, 3.8) is 0 Å². The van der Waals surface area contributed by atoms with Crippen molar-refractivity contribution in [2.24, 2.45) is 0 Å². The van der Waals surface area contributed by atoms with Gasteiger partial charge in [0.25, 0.3) is 0 Å². The highest BCUT2D eigenvalue weighted by molar-refractivity contribution is 7.09. The summed E-state index contributed by atoms with van der Waals surface area (Å²) in [4.78, 5) is 4.60. The molecule has 0 radical (unpaired) electrons. The summed E-state index contributed by atoms with van der Waals surface area (Å²) in [6.07, 6.45) is 3.91. The lowest BCUT2D eigenvalue weighted by Crippen LogP contribution is -2.23. The fourth-order valence-electron chi connectivity index (χ4n) is 2.55. The van der Waals surface area contributed by atoms with Gasteiger partial charge in [-0.1, -0.05) is 25.1 Å². The van der Waals surface area contributed by atoms with Crippen molar-refractivity contribution in [2.75, 3.05) is 6.54 Å². The molecule has 0 aliphatic carbocycles. The minimum atomic E-state index is 0.249. The van der Waals surface area contributed by atoms with Gasteiger partial charge in [-0.25, -0.2) is 4.98 Å². The average Bonchev–Trinajstić information content (AvgIpc) is 3.09. The van der Waals surface area contributed by atoms with E-state index in [1.54, 1.807) is 11.3 Å². The van der Waals surface area contributed by atoms with E-state index in [0.29, 0.717) is 0 Å². The minimum Gasteiger partial charge on any atom is -0.464 e. The second-order valence-corrected chi connectivity index (χ2v) is 6.22. The molecule has 2 aromatic heterocycles. The van der Waals surface area contributed by atoms with E-state index in [4.69, 9.17) is 4.42 Å². The predicted molar refractivity (Wildman–Crippen MR) is 87.8 cm³/mol. The molecule has 3 nitrogen and oxygen atoms in total. The van der Waals surface area contributed by atoms with E-state index in [1.165, 1.54) is 16.0 Å². The monoisotopic (exact) mass is 300 g/mol. The highest BCUT2D eigenvalue weighted by Gasteiger charge is 2.18. The van der Waals surface area contributed by atoms with E-state index in [0.717, 1.165) is 30.7 Å². The highest BCUT2D eigenvalue weighted by Crippen LogP contribution is 2.29. The third-order valence-corrected chi connectivity index (χ3v) is 4.56. The quantitative estimate of drug-likeness (QED) is 0.729. The Morgan fingerprint density at radius 1 is 1.33 bits per heavy atom. The largest absolute Gasteiger partial charge is 0.464 e. The number of fused-ring (bicyclic) bond motifs is 1. The average molecular weight is 300 g/mol. The number of para-hydroxylation sites is 1. The number of rotatable bonds is 6. The lowest BCUT2D eigenvalue weighted by molar-refractivity contribution is 0.518. The Kier molecular flexibility index (Phi) is 4.36. The molecule has 0 saturated carbocycles. The van der Waals surface area contributed by atoms with Crippen molar-refractivity contribution in [3.05, 3.63) is 52.2 Å². The molecule has 2 heterocycles. The van der Waals surface area contributed by atoms with Gasteiger partial charge < -0.3 is 9.73 Å². The molecule has 0 bridgehead atoms. The number of hydrogen-bond donors (Lipinski definition) is 1. The van der Waals surface area contributed by atoms with Crippen LogP contribution in [0.2, 0.25) is 0 Å². The SMILES string of the molecule is CCCNC(Cc1nc(C)cs1)c1coc2ccccc12. The predicted octanol–water partition coefficient (Wildman–Crippen LogP) is 4.48. The molecule has 1 atom stereocenters. The summed E-state index contributed by atoms with van der Waals surface area (Å²) in [5.74, 6) is 0. The van der Waals surface area contributed by atoms with E-state index in [2.05, 4.69) is 34.7 Å². The molecule has 4 heteroatoms. The van der Waals surface area contributed by atoms with Gasteiger partial charge in [0.1, 0.15) is 5.58 Å². The van der Waals surface area contributed by atoms with Gasteiger partial charge in [-0.05, 0) is 26.0 Å². The summed E-state index contributed by atoms with van der Waals surface area (Å²) in [5.41, 5.74) is 3.28. The Hall–Kier alpha value is -1.65. The van der Waals surface area contributed by atoms with Crippen LogP contribution in [0.15, 0.2) is 40.3 Å². The van der Waals surface area contributed by atoms with E-state index in [9.17, 15) is 0 Å². The molecule has 3 rings (SSSR count). The van der Waals surface area contributed by atoms with E-state index in [-0.39, 0.29) is 6.04 Å². The first-order chi connectivity index (χ1) is 10.3. The van der Waals surface area contributed by atoms with Crippen molar-refractivity contribution in [1.29, 1.82) is 0 Å². The minimum absolute atomic E-state index is 0.249. The van der Waals surface area contributed by atoms with Crippen molar-refractivity contribution >= 4 is 22.3 Å². The zero-order valence-corrected chi connectivity index (χ0v) is 13.2. The summed E-state index contributed by atoms with van der Waals surface area (Å²) >= 11 is 1.73. The number of thiazole rings is 1. The van der Waals surface area contributed by atoms with Gasteiger partial charge in [-0.15, -0.1) is 11.3 Å². The van der Waals surface area contributed by atoms with Crippen LogP contribution in [0.5, 0.6) is 0 Å². The Labute approximate surface area is 129 Å². The van der Waals surface area contributed by atoms with Crippen LogP contribution in [-0.2, 0) is 6.42 Å². The molecule has 3 aromatic rings. The summed E-state index contributed by atoms with van der Waals surface area (Å²) in [6, 6.07) is 8.46. The molecule has 0 aliphatic heterocycles. The number of benzene rings is 1. The van der Waals surface area contributed by atoms with Crippen molar-refractivity contribution in [1.82, 2.24) is 10.3 Å². The summed E-state index contributed by atoms with van der Waals surface area (Å²) in [7, 11) is 0. The zero-order chi connectivity index (χ0) is 14.7. The molecular weight excluding hydrogens is 280 g/mol. The molecule has 21 heavy (non-hydrogen) atoms. The zero-order valence-electron chi connectivity index (χ0n) is 12.4. The Bertz CT molecular complexity index is 716. The van der Waals surface area contributed by atoms with Gasteiger partial charge in [-0.3, -0.25) is 0 Å². The number of nitrogens with zero attached hydrogens (tertiary/aromatic N) is 1. The number of aryl methyl sites for hydroxylation is 1. The second kappa shape index (κ2) is 6.41. The van der Waals surface area contributed by atoms with Gasteiger partial charge in [0, 0.05) is 34.5 Å². The number of furan rings is 1. The maximum Gasteiger partial charge on any atom is 0.134 e. The third-order valence-electron chi connectivity index (χ3n) is 3.57. The van der Waals surface area contributed by atoms with Crippen LogP contribution in [0.25, 0.3) is 11.0 Å². The van der Waals surface area contributed by atoms with Crippen molar-refractivity contribution in [2.45, 2.75) is 32.7 Å². The Balaban J connectivity index is 1.91. The van der Waals surface area contributed by atoms with Crippen molar-refractivity contribution < 1.29 is 4.42 Å². The van der Waals surface area contributed by atoms with E-state index in [1.807, 2.05) is 25.3 Å². The standard InChI is InChI=1S/C17H20N2OS/c1-3-8-18-15(9-17-19-12(2)11-21-17)14-10-20-16-7-5-4-6-13(14)16/h4-7,10-11,15,18H,3,8-9H2,1-2H3. The molecule has 1 N–H and O–H groups in total. The van der Waals surface area contributed by atoms with Crippen LogP contribution in [0.1, 0.15) is 35.7 Å². The first kappa shape index (κ1) is 14.3. The molecular formula is C17H20N2OS. The molecule has 1 aromatic carbocycles. The van der Waals surface area contributed by atoms with Gasteiger partial charge in [0.2, 0.25) is 0 Å². The van der Waals surface area contributed by atoms with Gasteiger partial charge in [0.05, 0.1) is 11.3 Å². The van der Waals surface area contributed by atoms with E-state index >= 15 is 0 Å². The first-order valence-electron chi connectivity index (χ1n) is 7.38. The smallest absolute Gasteiger partial charge is 0.134 e. The Morgan fingerprint density at radius 2 is 2.19 bits per heavy atom. The van der Waals surface area contributed by atoms with Crippen LogP contribution < -0.4 is 5.32 Å². The molecule has 1 unspecified atom stereocenters. The maximum absolute atomic E-state index is 5.70. The molecule has 0 fully saturated rings. The summed E-state index contributed by atoms with van der Waals surface area (Å²) < 4.78 is 5.70. The van der Waals surface area contributed by atoms with Gasteiger partial charge in [0.15, 0.2) is 0 Å². The third kappa shape index (κ3) is 3.17. The highest BCUT2D eigenvalue weighted by atomic mass is 32.1. The summed E-state index contributed by atoms with van der Waals surface area (Å²) in [6.45, 7) is 5.22. The molecule has 0 amide bonds. The molecule has 0 aliphatic rings. The number of aromatic nitrogens is 1. The van der Waals surface area contributed by atoms with Gasteiger partial charge in [-0.2, -0.15) is 0 Å². The first-order valence-corrected chi connectivity index (χ1v) is 8.26. The fourth-order valence-corrected chi connectivity index (χ4v) is 3.37. The molecule has 0 saturated heterocycles. The number of hydrogen-bond acceptors (Lipinski definition) is 4. The Morgan fingerprint density at radius 3 is 2.95 bits per heavy atom. The normalized spacial score (nSPS) is 12.9. The number of nitrogens with one attached hydrogen (secondary N) is 1. The van der Waals surface area contributed by atoms with Crippen LogP contribution in [0.3, 0.4) is 0 Å². The van der Waals surface area contributed by atoms with Gasteiger partial charge >= 0.3 is 0 Å². The maximum atomic E-state index is 5.70.